The molecule has 0 saturated carbocycles. The van der Waals surface area contributed by atoms with Crippen LogP contribution in [-0.2, 0) is 10.0 Å². The lowest BCUT2D eigenvalue weighted by Gasteiger charge is -2.22. The van der Waals surface area contributed by atoms with E-state index in [4.69, 9.17) is 0 Å². The second-order valence-electron chi connectivity index (χ2n) is 3.22. The number of benzene rings is 1. The van der Waals surface area contributed by atoms with Crippen LogP contribution in [0.2, 0.25) is 0 Å². The van der Waals surface area contributed by atoms with E-state index in [0.717, 1.165) is 0 Å². The van der Waals surface area contributed by atoms with Crippen LogP contribution in [0.25, 0.3) is 0 Å². The quantitative estimate of drug-likeness (QED) is 0.788. The van der Waals surface area contributed by atoms with Gasteiger partial charge in [0, 0.05) is 12.2 Å². The minimum Gasteiger partial charge on any atom is -0.271 e. The van der Waals surface area contributed by atoms with Crippen molar-refractivity contribution in [1.29, 1.82) is 0 Å². The highest BCUT2D eigenvalue weighted by atomic mass is 32.2. The highest BCUT2D eigenvalue weighted by Crippen LogP contribution is 2.18. The van der Waals surface area contributed by atoms with Crippen LogP contribution in [0.1, 0.15) is 13.8 Å². The number of hydrogen-bond donors (Lipinski definition) is 0. The Bertz CT molecular complexity index is 437. The fourth-order valence-electron chi connectivity index (χ4n) is 1.36. The molecule has 0 aliphatic heterocycles. The van der Waals surface area contributed by atoms with Gasteiger partial charge in [0.25, 0.3) is 10.0 Å². The summed E-state index contributed by atoms with van der Waals surface area (Å²) in [7, 11) is -3.42. The molecule has 0 bridgehead atoms. The highest BCUT2D eigenvalue weighted by molar-refractivity contribution is 7.89. The lowest BCUT2D eigenvalue weighted by molar-refractivity contribution is 0.492. The number of hydrogen-bond acceptors (Lipinski definition) is 2. The molecule has 4 heteroatoms. The van der Waals surface area contributed by atoms with Crippen molar-refractivity contribution < 1.29 is 8.42 Å². The van der Waals surface area contributed by atoms with Crippen molar-refractivity contribution in [2.75, 3.05) is 6.54 Å². The monoisotopic (exact) mass is 225 g/mol. The number of sulfonamides is 1. The molecule has 3 nitrogen and oxygen atoms in total. The summed E-state index contributed by atoms with van der Waals surface area (Å²) < 4.78 is 25.4. The van der Waals surface area contributed by atoms with Crippen LogP contribution in [-0.4, -0.2) is 19.3 Å². The van der Waals surface area contributed by atoms with E-state index in [1.807, 2.05) is 0 Å². The van der Waals surface area contributed by atoms with Gasteiger partial charge in [0.2, 0.25) is 0 Å². The molecule has 0 unspecified atom stereocenters. The van der Waals surface area contributed by atoms with Gasteiger partial charge in [-0.15, -0.1) is 0 Å². The molecular formula is C11H15NO2S. The van der Waals surface area contributed by atoms with E-state index in [9.17, 15) is 8.42 Å². The van der Waals surface area contributed by atoms with Crippen molar-refractivity contribution >= 4 is 10.0 Å². The standard InChI is InChI=1S/C11H15NO2S/c1-4-12(10(2)3)15(13,14)11-8-6-5-7-9-11/h5-9H,2,4H2,1,3H3. The average Bonchev–Trinajstić information content (AvgIpc) is 2.19. The van der Waals surface area contributed by atoms with Crippen LogP contribution in [0, 0.1) is 0 Å². The predicted octanol–water partition coefficient (Wildman–Crippen LogP) is 2.23. The third-order valence-corrected chi connectivity index (χ3v) is 4.06. The smallest absolute Gasteiger partial charge is 0.264 e. The normalized spacial score (nSPS) is 11.1. The van der Waals surface area contributed by atoms with E-state index in [1.54, 1.807) is 44.2 Å². The summed E-state index contributed by atoms with van der Waals surface area (Å²) in [5.41, 5.74) is 0.529. The second-order valence-corrected chi connectivity index (χ2v) is 5.08. The van der Waals surface area contributed by atoms with Crippen molar-refractivity contribution in [1.82, 2.24) is 4.31 Å². The number of nitrogens with zero attached hydrogens (tertiary/aromatic N) is 1. The van der Waals surface area contributed by atoms with E-state index in [2.05, 4.69) is 6.58 Å². The second kappa shape index (κ2) is 4.49. The molecule has 1 aromatic carbocycles. The van der Waals surface area contributed by atoms with Gasteiger partial charge >= 0.3 is 0 Å². The van der Waals surface area contributed by atoms with Crippen LogP contribution < -0.4 is 0 Å². The lowest BCUT2D eigenvalue weighted by Crippen LogP contribution is -2.28. The third-order valence-electron chi connectivity index (χ3n) is 2.04. The Kier molecular flexibility index (Phi) is 3.52. The van der Waals surface area contributed by atoms with Crippen LogP contribution >= 0.6 is 0 Å². The topological polar surface area (TPSA) is 37.4 Å². The third kappa shape index (κ3) is 2.39. The molecule has 82 valence electrons. The zero-order valence-corrected chi connectivity index (χ0v) is 9.79. The largest absolute Gasteiger partial charge is 0.271 e. The molecule has 0 atom stereocenters. The zero-order chi connectivity index (χ0) is 11.5. The van der Waals surface area contributed by atoms with Crippen molar-refractivity contribution in [3.05, 3.63) is 42.6 Å². The van der Waals surface area contributed by atoms with E-state index >= 15 is 0 Å². The van der Waals surface area contributed by atoms with Gasteiger partial charge in [-0.05, 0) is 26.0 Å². The van der Waals surface area contributed by atoms with E-state index in [-0.39, 0.29) is 0 Å². The first-order valence-electron chi connectivity index (χ1n) is 4.73. The Balaban J connectivity index is 3.19. The minimum absolute atomic E-state index is 0.301. The lowest BCUT2D eigenvalue weighted by atomic mass is 10.4. The van der Waals surface area contributed by atoms with Crippen molar-refractivity contribution in [3.63, 3.8) is 0 Å². The molecule has 1 aromatic rings. The maximum absolute atomic E-state index is 12.1. The molecule has 0 fully saturated rings. The van der Waals surface area contributed by atoms with Crippen molar-refractivity contribution in [2.45, 2.75) is 18.7 Å². The summed E-state index contributed by atoms with van der Waals surface area (Å²) >= 11 is 0. The van der Waals surface area contributed by atoms with Crippen molar-refractivity contribution in [2.24, 2.45) is 0 Å². The van der Waals surface area contributed by atoms with Gasteiger partial charge in [-0.1, -0.05) is 24.8 Å². The Morgan fingerprint density at radius 3 is 2.27 bits per heavy atom. The first kappa shape index (κ1) is 11.8. The molecule has 0 radical (unpaired) electrons. The van der Waals surface area contributed by atoms with E-state index in [0.29, 0.717) is 17.1 Å². The van der Waals surface area contributed by atoms with Crippen LogP contribution in [0.3, 0.4) is 0 Å². The molecule has 0 amide bonds. The van der Waals surface area contributed by atoms with E-state index in [1.165, 1.54) is 4.31 Å². The zero-order valence-electron chi connectivity index (χ0n) is 8.97. The summed E-state index contributed by atoms with van der Waals surface area (Å²) in [4.78, 5) is 0.301. The first-order chi connectivity index (χ1) is 7.00. The van der Waals surface area contributed by atoms with Gasteiger partial charge in [0.15, 0.2) is 0 Å². The van der Waals surface area contributed by atoms with Crippen LogP contribution in [0.15, 0.2) is 47.5 Å². The number of allylic oxidation sites excluding steroid dienone is 1. The molecule has 0 aliphatic carbocycles. The maximum atomic E-state index is 12.1. The van der Waals surface area contributed by atoms with Gasteiger partial charge in [0.1, 0.15) is 0 Å². The van der Waals surface area contributed by atoms with E-state index < -0.39 is 10.0 Å². The molecule has 0 aromatic heterocycles. The SMILES string of the molecule is C=C(C)N(CC)S(=O)(=O)c1ccccc1. The summed E-state index contributed by atoms with van der Waals surface area (Å²) in [5.74, 6) is 0. The summed E-state index contributed by atoms with van der Waals surface area (Å²) in [5, 5.41) is 0. The average molecular weight is 225 g/mol. The van der Waals surface area contributed by atoms with Gasteiger partial charge in [0.05, 0.1) is 4.90 Å². The Labute approximate surface area is 91.1 Å². The molecule has 0 saturated heterocycles. The Morgan fingerprint density at radius 2 is 1.87 bits per heavy atom. The molecule has 0 aliphatic rings. The summed E-state index contributed by atoms with van der Waals surface area (Å²) in [6.07, 6.45) is 0. The molecule has 0 heterocycles. The van der Waals surface area contributed by atoms with Crippen LogP contribution in [0.5, 0.6) is 0 Å². The predicted molar refractivity (Wildman–Crippen MR) is 60.8 cm³/mol. The molecule has 1 rings (SSSR count). The maximum Gasteiger partial charge on any atom is 0.264 e. The Morgan fingerprint density at radius 1 is 1.33 bits per heavy atom. The number of rotatable bonds is 4. The summed E-state index contributed by atoms with van der Waals surface area (Å²) in [6.45, 7) is 7.53. The van der Waals surface area contributed by atoms with Gasteiger partial charge in [-0.25, -0.2) is 8.42 Å². The highest BCUT2D eigenvalue weighted by Gasteiger charge is 2.21. The summed E-state index contributed by atoms with van der Waals surface area (Å²) in [6, 6.07) is 8.37. The van der Waals surface area contributed by atoms with Crippen molar-refractivity contribution in [3.8, 4) is 0 Å². The fourth-order valence-corrected chi connectivity index (χ4v) is 2.87. The Hall–Kier alpha value is -1.29. The van der Waals surface area contributed by atoms with Gasteiger partial charge in [-0.2, -0.15) is 0 Å². The molecular weight excluding hydrogens is 210 g/mol. The molecule has 15 heavy (non-hydrogen) atoms. The van der Waals surface area contributed by atoms with Crippen LogP contribution in [0.4, 0.5) is 0 Å². The fraction of sp³-hybridized carbons (Fsp3) is 0.273. The minimum atomic E-state index is -3.42. The molecule has 0 spiro atoms. The molecule has 0 N–H and O–H groups in total. The van der Waals surface area contributed by atoms with Gasteiger partial charge in [-0.3, -0.25) is 4.31 Å². The van der Waals surface area contributed by atoms with Gasteiger partial charge < -0.3 is 0 Å². The first-order valence-corrected chi connectivity index (χ1v) is 6.17.